The molecule has 1 aliphatic carbocycles. The Morgan fingerprint density at radius 3 is 2.69 bits per heavy atom. The molecule has 3 aromatic heterocycles. The summed E-state index contributed by atoms with van der Waals surface area (Å²) in [6.07, 6.45) is 7.46. The van der Waals surface area contributed by atoms with Gasteiger partial charge in [-0.05, 0) is 37.0 Å². The molecule has 1 saturated heterocycles. The fourth-order valence-corrected chi connectivity index (χ4v) is 3.74. The molecule has 2 aliphatic rings. The van der Waals surface area contributed by atoms with Crippen LogP contribution in [0.3, 0.4) is 0 Å². The van der Waals surface area contributed by atoms with Gasteiger partial charge in [-0.15, -0.1) is 10.2 Å². The first-order valence-electron chi connectivity index (χ1n) is 9.11. The number of hydrogen-bond donors (Lipinski definition) is 0. The highest BCUT2D eigenvalue weighted by Gasteiger charge is 2.24. The Morgan fingerprint density at radius 1 is 1.12 bits per heavy atom. The fourth-order valence-electron chi connectivity index (χ4n) is 3.44. The molecule has 4 heterocycles. The van der Waals surface area contributed by atoms with Crippen LogP contribution in [0.4, 0.5) is 5.82 Å². The van der Waals surface area contributed by atoms with E-state index in [0.29, 0.717) is 5.02 Å². The molecule has 0 amide bonds. The molecule has 3 aromatic rings. The molecule has 26 heavy (non-hydrogen) atoms. The molecular weight excluding hydrogens is 350 g/mol. The minimum absolute atomic E-state index is 0.628. The van der Waals surface area contributed by atoms with Crippen LogP contribution in [0.15, 0.2) is 30.6 Å². The molecule has 134 valence electrons. The van der Waals surface area contributed by atoms with Gasteiger partial charge >= 0.3 is 0 Å². The molecule has 0 unspecified atom stereocenters. The number of halogens is 1. The van der Waals surface area contributed by atoms with E-state index in [0.717, 1.165) is 67.1 Å². The second-order valence-electron chi connectivity index (χ2n) is 7.01. The van der Waals surface area contributed by atoms with Crippen LogP contribution >= 0.6 is 11.6 Å². The SMILES string of the molecule is Clc1c(-c2ccc(N3CCOCC3)nc2)ccn2c(CC3CC3)nnc12. The van der Waals surface area contributed by atoms with E-state index in [2.05, 4.69) is 26.1 Å². The first kappa shape index (κ1) is 16.0. The number of ether oxygens (including phenoxy) is 1. The zero-order valence-electron chi connectivity index (χ0n) is 14.4. The van der Waals surface area contributed by atoms with Gasteiger partial charge in [0.1, 0.15) is 11.6 Å². The van der Waals surface area contributed by atoms with Crippen molar-refractivity contribution in [2.75, 3.05) is 31.2 Å². The van der Waals surface area contributed by atoms with Crippen LogP contribution in [0.2, 0.25) is 5.02 Å². The minimum Gasteiger partial charge on any atom is -0.378 e. The number of anilines is 1. The van der Waals surface area contributed by atoms with Crippen LogP contribution in [-0.4, -0.2) is 45.9 Å². The predicted molar refractivity (Wildman–Crippen MR) is 101 cm³/mol. The highest BCUT2D eigenvalue weighted by molar-refractivity contribution is 6.36. The van der Waals surface area contributed by atoms with E-state index in [4.69, 9.17) is 16.3 Å². The summed E-state index contributed by atoms with van der Waals surface area (Å²) in [7, 11) is 0. The molecule has 0 radical (unpaired) electrons. The second-order valence-corrected chi connectivity index (χ2v) is 7.38. The summed E-state index contributed by atoms with van der Waals surface area (Å²) in [4.78, 5) is 6.86. The van der Waals surface area contributed by atoms with Gasteiger partial charge in [0.2, 0.25) is 0 Å². The van der Waals surface area contributed by atoms with E-state index in [-0.39, 0.29) is 0 Å². The van der Waals surface area contributed by atoms with Crippen LogP contribution in [0.1, 0.15) is 18.7 Å². The van der Waals surface area contributed by atoms with E-state index >= 15 is 0 Å². The van der Waals surface area contributed by atoms with Gasteiger partial charge in [-0.1, -0.05) is 11.6 Å². The number of pyridine rings is 2. The Morgan fingerprint density at radius 2 is 1.96 bits per heavy atom. The minimum atomic E-state index is 0.628. The normalized spacial score (nSPS) is 17.8. The number of fused-ring (bicyclic) bond motifs is 1. The van der Waals surface area contributed by atoms with E-state index < -0.39 is 0 Å². The van der Waals surface area contributed by atoms with Crippen molar-refractivity contribution in [2.24, 2.45) is 5.92 Å². The fraction of sp³-hybridized carbons (Fsp3) is 0.421. The van der Waals surface area contributed by atoms with Gasteiger partial charge < -0.3 is 9.64 Å². The summed E-state index contributed by atoms with van der Waals surface area (Å²) in [5.41, 5.74) is 2.64. The van der Waals surface area contributed by atoms with E-state index in [1.54, 1.807) is 0 Å². The molecule has 0 atom stereocenters. The molecular formula is C19H20ClN5O. The third-order valence-corrected chi connectivity index (χ3v) is 5.52. The van der Waals surface area contributed by atoms with Crippen LogP contribution in [-0.2, 0) is 11.2 Å². The number of nitrogens with zero attached hydrogens (tertiary/aromatic N) is 5. The number of aromatic nitrogens is 4. The molecule has 6 nitrogen and oxygen atoms in total. The van der Waals surface area contributed by atoms with Crippen molar-refractivity contribution in [3.05, 3.63) is 41.4 Å². The lowest BCUT2D eigenvalue weighted by Crippen LogP contribution is -2.36. The van der Waals surface area contributed by atoms with Crippen LogP contribution in [0.5, 0.6) is 0 Å². The first-order chi connectivity index (χ1) is 12.8. The summed E-state index contributed by atoms with van der Waals surface area (Å²) in [5.74, 6) is 2.73. The zero-order chi connectivity index (χ0) is 17.5. The third-order valence-electron chi connectivity index (χ3n) is 5.15. The third kappa shape index (κ3) is 2.93. The summed E-state index contributed by atoms with van der Waals surface area (Å²) < 4.78 is 7.41. The molecule has 7 heteroatoms. The molecule has 0 bridgehead atoms. The lowest BCUT2D eigenvalue weighted by atomic mass is 10.1. The Balaban J connectivity index is 1.45. The highest BCUT2D eigenvalue weighted by Crippen LogP contribution is 2.34. The van der Waals surface area contributed by atoms with Gasteiger partial charge in [0.25, 0.3) is 0 Å². The van der Waals surface area contributed by atoms with Crippen molar-refractivity contribution < 1.29 is 4.74 Å². The second kappa shape index (κ2) is 6.52. The summed E-state index contributed by atoms with van der Waals surface area (Å²) in [6.45, 7) is 3.26. The van der Waals surface area contributed by atoms with Crippen molar-refractivity contribution in [3.63, 3.8) is 0 Å². The Hall–Kier alpha value is -2.18. The molecule has 0 spiro atoms. The van der Waals surface area contributed by atoms with Gasteiger partial charge in [0.05, 0.1) is 18.2 Å². The molecule has 1 aliphatic heterocycles. The van der Waals surface area contributed by atoms with Crippen molar-refractivity contribution in [1.82, 2.24) is 19.6 Å². The maximum atomic E-state index is 6.65. The van der Waals surface area contributed by atoms with Gasteiger partial charge in [-0.3, -0.25) is 4.40 Å². The lowest BCUT2D eigenvalue weighted by molar-refractivity contribution is 0.122. The van der Waals surface area contributed by atoms with Gasteiger partial charge in [0.15, 0.2) is 5.65 Å². The monoisotopic (exact) mass is 369 g/mol. The largest absolute Gasteiger partial charge is 0.378 e. The lowest BCUT2D eigenvalue weighted by Gasteiger charge is -2.27. The maximum Gasteiger partial charge on any atom is 0.180 e. The van der Waals surface area contributed by atoms with Crippen molar-refractivity contribution >= 4 is 23.1 Å². The average Bonchev–Trinajstić information content (AvgIpc) is 3.42. The topological polar surface area (TPSA) is 55.5 Å². The quantitative estimate of drug-likeness (QED) is 0.706. The van der Waals surface area contributed by atoms with E-state index in [9.17, 15) is 0 Å². The highest BCUT2D eigenvalue weighted by atomic mass is 35.5. The van der Waals surface area contributed by atoms with Gasteiger partial charge in [0, 0.05) is 43.0 Å². The number of rotatable bonds is 4. The standard InChI is InChI=1S/C19H20ClN5O/c20-18-15(5-6-25-17(11-13-1-2-13)22-23-19(18)25)14-3-4-16(21-12-14)24-7-9-26-10-8-24/h3-6,12-13H,1-2,7-11H2. The van der Waals surface area contributed by atoms with Gasteiger partial charge in [-0.25, -0.2) is 4.98 Å². The van der Waals surface area contributed by atoms with Crippen molar-refractivity contribution in [2.45, 2.75) is 19.3 Å². The number of morpholine rings is 1. The predicted octanol–water partition coefficient (Wildman–Crippen LogP) is 3.23. The zero-order valence-corrected chi connectivity index (χ0v) is 15.2. The maximum absolute atomic E-state index is 6.65. The molecule has 0 N–H and O–H groups in total. The average molecular weight is 370 g/mol. The van der Waals surface area contributed by atoms with Crippen LogP contribution in [0.25, 0.3) is 16.8 Å². The molecule has 5 rings (SSSR count). The van der Waals surface area contributed by atoms with E-state index in [1.807, 2.05) is 28.9 Å². The van der Waals surface area contributed by atoms with E-state index in [1.165, 1.54) is 12.8 Å². The molecule has 2 fully saturated rings. The van der Waals surface area contributed by atoms with Crippen molar-refractivity contribution in [1.29, 1.82) is 0 Å². The summed E-state index contributed by atoms with van der Waals surface area (Å²) in [5, 5.41) is 9.28. The molecule has 0 aromatic carbocycles. The number of hydrogen-bond acceptors (Lipinski definition) is 5. The van der Waals surface area contributed by atoms with Crippen molar-refractivity contribution in [3.8, 4) is 11.1 Å². The Kier molecular flexibility index (Phi) is 4.02. The Bertz CT molecular complexity index is 929. The summed E-state index contributed by atoms with van der Waals surface area (Å²) in [6, 6.07) is 6.14. The van der Waals surface area contributed by atoms with Crippen LogP contribution in [0, 0.1) is 5.92 Å². The first-order valence-corrected chi connectivity index (χ1v) is 9.48. The smallest absolute Gasteiger partial charge is 0.180 e. The van der Waals surface area contributed by atoms with Gasteiger partial charge in [-0.2, -0.15) is 0 Å². The van der Waals surface area contributed by atoms with Crippen LogP contribution < -0.4 is 4.90 Å². The Labute approximate surface area is 156 Å². The molecule has 1 saturated carbocycles. The summed E-state index contributed by atoms with van der Waals surface area (Å²) >= 11 is 6.65.